The van der Waals surface area contributed by atoms with Crippen LogP contribution in [0.5, 0.6) is 0 Å². The Morgan fingerprint density at radius 1 is 1.39 bits per heavy atom. The van der Waals surface area contributed by atoms with Crippen LogP contribution in [-0.4, -0.2) is 21.6 Å². The molecule has 0 saturated heterocycles. The summed E-state index contributed by atoms with van der Waals surface area (Å²) in [5.74, 6) is 1.13. The number of aliphatic hydroxyl groups excluding tert-OH is 1. The lowest BCUT2D eigenvalue weighted by Crippen LogP contribution is -2.12. The minimum absolute atomic E-state index is 0.371. The lowest BCUT2D eigenvalue weighted by Gasteiger charge is -2.11. The third-order valence-corrected chi connectivity index (χ3v) is 3.60. The second kappa shape index (κ2) is 5.93. The van der Waals surface area contributed by atoms with Crippen LogP contribution in [0.15, 0.2) is 29.9 Å². The van der Waals surface area contributed by atoms with Crippen molar-refractivity contribution in [2.24, 2.45) is 0 Å². The first-order valence-electron chi connectivity index (χ1n) is 5.94. The topological polar surface area (TPSA) is 58.0 Å². The van der Waals surface area contributed by atoms with Crippen molar-refractivity contribution in [3.63, 3.8) is 0 Å². The SMILES string of the molecule is CC(C)c1cc(NCC(O)c2cccs2)ncn1. The molecular weight excluding hydrogens is 246 g/mol. The van der Waals surface area contributed by atoms with Gasteiger partial charge in [-0.15, -0.1) is 11.3 Å². The van der Waals surface area contributed by atoms with Crippen LogP contribution in [0.4, 0.5) is 5.82 Å². The van der Waals surface area contributed by atoms with Crippen LogP contribution in [-0.2, 0) is 0 Å². The molecule has 4 nitrogen and oxygen atoms in total. The first-order valence-corrected chi connectivity index (χ1v) is 6.82. The highest BCUT2D eigenvalue weighted by Gasteiger charge is 2.09. The van der Waals surface area contributed by atoms with Crippen LogP contribution in [0.1, 0.15) is 36.4 Å². The molecule has 0 aromatic carbocycles. The van der Waals surface area contributed by atoms with Gasteiger partial charge in [-0.2, -0.15) is 0 Å². The number of hydrogen-bond donors (Lipinski definition) is 2. The normalized spacial score (nSPS) is 12.7. The van der Waals surface area contributed by atoms with Crippen molar-refractivity contribution >= 4 is 17.2 Å². The van der Waals surface area contributed by atoms with Gasteiger partial charge in [0.05, 0.1) is 0 Å². The summed E-state index contributed by atoms with van der Waals surface area (Å²) in [6, 6.07) is 5.78. The summed E-state index contributed by atoms with van der Waals surface area (Å²) in [4.78, 5) is 9.31. The monoisotopic (exact) mass is 263 g/mol. The summed E-state index contributed by atoms with van der Waals surface area (Å²) in [5, 5.41) is 15.0. The maximum Gasteiger partial charge on any atom is 0.129 e. The average Bonchev–Trinajstić information content (AvgIpc) is 2.90. The molecule has 1 atom stereocenters. The Morgan fingerprint density at radius 3 is 2.89 bits per heavy atom. The number of anilines is 1. The Labute approximate surface area is 111 Å². The van der Waals surface area contributed by atoms with Gasteiger partial charge in [0.1, 0.15) is 18.2 Å². The molecule has 96 valence electrons. The minimum Gasteiger partial charge on any atom is -0.386 e. The van der Waals surface area contributed by atoms with Crippen molar-refractivity contribution in [2.75, 3.05) is 11.9 Å². The molecule has 2 rings (SSSR count). The van der Waals surface area contributed by atoms with Crippen LogP contribution >= 0.6 is 11.3 Å². The Bertz CT molecular complexity index is 485. The van der Waals surface area contributed by atoms with Gasteiger partial charge in [-0.05, 0) is 17.4 Å². The molecule has 1 unspecified atom stereocenters. The van der Waals surface area contributed by atoms with E-state index in [1.54, 1.807) is 17.7 Å². The van der Waals surface area contributed by atoms with E-state index < -0.39 is 6.10 Å². The van der Waals surface area contributed by atoms with Gasteiger partial charge in [0.2, 0.25) is 0 Å². The van der Waals surface area contributed by atoms with Crippen LogP contribution in [0.3, 0.4) is 0 Å². The zero-order chi connectivity index (χ0) is 13.0. The first-order chi connectivity index (χ1) is 8.66. The van der Waals surface area contributed by atoms with Gasteiger partial charge in [-0.1, -0.05) is 19.9 Å². The molecule has 0 aliphatic carbocycles. The highest BCUT2D eigenvalue weighted by Crippen LogP contribution is 2.19. The second-order valence-electron chi connectivity index (χ2n) is 4.39. The number of rotatable bonds is 5. The summed E-state index contributed by atoms with van der Waals surface area (Å²) in [5.41, 5.74) is 0.998. The predicted octanol–water partition coefficient (Wildman–Crippen LogP) is 2.81. The van der Waals surface area contributed by atoms with Crippen LogP contribution < -0.4 is 5.32 Å². The fourth-order valence-electron chi connectivity index (χ4n) is 1.57. The molecule has 2 N–H and O–H groups in total. The van der Waals surface area contributed by atoms with Crippen molar-refractivity contribution in [1.29, 1.82) is 0 Å². The smallest absolute Gasteiger partial charge is 0.129 e. The van der Waals surface area contributed by atoms with E-state index in [1.807, 2.05) is 23.6 Å². The van der Waals surface area contributed by atoms with Gasteiger partial charge >= 0.3 is 0 Å². The van der Waals surface area contributed by atoms with E-state index in [1.165, 1.54) is 0 Å². The van der Waals surface area contributed by atoms with Crippen LogP contribution in [0.25, 0.3) is 0 Å². The predicted molar refractivity (Wildman–Crippen MR) is 73.9 cm³/mol. The number of hydrogen-bond acceptors (Lipinski definition) is 5. The van der Waals surface area contributed by atoms with Crippen molar-refractivity contribution in [1.82, 2.24) is 9.97 Å². The number of nitrogens with one attached hydrogen (secondary N) is 1. The van der Waals surface area contributed by atoms with E-state index in [0.717, 1.165) is 16.4 Å². The summed E-state index contributed by atoms with van der Waals surface area (Å²) >= 11 is 1.55. The van der Waals surface area contributed by atoms with E-state index >= 15 is 0 Å². The largest absolute Gasteiger partial charge is 0.386 e. The summed E-state index contributed by atoms with van der Waals surface area (Å²) in [7, 11) is 0. The number of nitrogens with zero attached hydrogens (tertiary/aromatic N) is 2. The van der Waals surface area contributed by atoms with Gasteiger partial charge in [0, 0.05) is 23.2 Å². The Kier molecular flexibility index (Phi) is 4.28. The molecule has 0 aliphatic heterocycles. The molecule has 0 bridgehead atoms. The molecule has 0 radical (unpaired) electrons. The number of aliphatic hydroxyl groups is 1. The van der Waals surface area contributed by atoms with Crippen molar-refractivity contribution in [3.8, 4) is 0 Å². The molecule has 0 amide bonds. The lowest BCUT2D eigenvalue weighted by molar-refractivity contribution is 0.195. The Hall–Kier alpha value is -1.46. The molecule has 2 aromatic heterocycles. The third kappa shape index (κ3) is 3.27. The molecule has 0 spiro atoms. The van der Waals surface area contributed by atoms with Gasteiger partial charge in [0.15, 0.2) is 0 Å². The number of aromatic nitrogens is 2. The standard InChI is InChI=1S/C13H17N3OS/c1-9(2)10-6-13(16-8-15-10)14-7-11(17)12-4-3-5-18-12/h3-6,8-9,11,17H,7H2,1-2H3,(H,14,15,16). The van der Waals surface area contributed by atoms with Crippen molar-refractivity contribution in [2.45, 2.75) is 25.9 Å². The highest BCUT2D eigenvalue weighted by molar-refractivity contribution is 7.10. The highest BCUT2D eigenvalue weighted by atomic mass is 32.1. The van der Waals surface area contributed by atoms with E-state index in [0.29, 0.717) is 12.5 Å². The fraction of sp³-hybridized carbons (Fsp3) is 0.385. The summed E-state index contributed by atoms with van der Waals surface area (Å²) in [6.45, 7) is 4.63. The molecule has 0 fully saturated rings. The molecular formula is C13H17N3OS. The second-order valence-corrected chi connectivity index (χ2v) is 5.37. The fourth-order valence-corrected chi connectivity index (χ4v) is 2.28. The zero-order valence-electron chi connectivity index (χ0n) is 10.5. The lowest BCUT2D eigenvalue weighted by atomic mass is 10.1. The van der Waals surface area contributed by atoms with E-state index in [2.05, 4.69) is 29.1 Å². The van der Waals surface area contributed by atoms with Crippen molar-refractivity contribution in [3.05, 3.63) is 40.5 Å². The molecule has 2 aromatic rings. The molecule has 0 saturated carbocycles. The Balaban J connectivity index is 1.96. The molecule has 2 heterocycles. The maximum atomic E-state index is 9.95. The van der Waals surface area contributed by atoms with Crippen LogP contribution in [0.2, 0.25) is 0 Å². The van der Waals surface area contributed by atoms with Crippen molar-refractivity contribution < 1.29 is 5.11 Å². The molecule has 5 heteroatoms. The molecule has 0 aliphatic rings. The van der Waals surface area contributed by atoms with E-state index in [-0.39, 0.29) is 0 Å². The third-order valence-electron chi connectivity index (χ3n) is 2.63. The van der Waals surface area contributed by atoms with E-state index in [9.17, 15) is 5.11 Å². The maximum absolute atomic E-state index is 9.95. The van der Waals surface area contributed by atoms with E-state index in [4.69, 9.17) is 0 Å². The summed E-state index contributed by atoms with van der Waals surface area (Å²) < 4.78 is 0. The average molecular weight is 263 g/mol. The van der Waals surface area contributed by atoms with Gasteiger partial charge < -0.3 is 10.4 Å². The van der Waals surface area contributed by atoms with Gasteiger partial charge in [-0.25, -0.2) is 9.97 Å². The first kappa shape index (κ1) is 13.0. The Morgan fingerprint density at radius 2 is 2.22 bits per heavy atom. The van der Waals surface area contributed by atoms with Crippen LogP contribution in [0, 0.1) is 0 Å². The summed E-state index contributed by atoms with van der Waals surface area (Å²) in [6.07, 6.45) is 1.05. The number of thiophene rings is 1. The molecule has 18 heavy (non-hydrogen) atoms. The zero-order valence-corrected chi connectivity index (χ0v) is 11.3. The quantitative estimate of drug-likeness (QED) is 0.871. The minimum atomic E-state index is -0.498. The van der Waals surface area contributed by atoms with Gasteiger partial charge in [-0.3, -0.25) is 0 Å². The van der Waals surface area contributed by atoms with Gasteiger partial charge in [0.25, 0.3) is 0 Å².